The first-order valence-corrected chi connectivity index (χ1v) is 4.98. The van der Waals surface area contributed by atoms with Crippen molar-refractivity contribution in [3.05, 3.63) is 16.5 Å². The molecule has 0 fully saturated rings. The maximum Gasteiger partial charge on any atom is 0.0940 e. The quantitative estimate of drug-likeness (QED) is 0.517. The van der Waals surface area contributed by atoms with E-state index in [1.807, 2.05) is 12.1 Å². The minimum atomic E-state index is 0.594. The number of rotatable bonds is 2. The van der Waals surface area contributed by atoms with Crippen LogP contribution in [0.15, 0.2) is 16.3 Å². The minimum absolute atomic E-state index is 0.594. The molecule has 0 aromatic carbocycles. The molecule has 1 aromatic heterocycles. The van der Waals surface area contributed by atoms with E-state index >= 15 is 0 Å². The van der Waals surface area contributed by atoms with Gasteiger partial charge in [-0.25, -0.2) is 0 Å². The van der Waals surface area contributed by atoms with Gasteiger partial charge in [-0.05, 0) is 12.1 Å². The fraction of sp³-hybridized carbons (Fsp3) is 0.200. The molecule has 1 heterocycles. The van der Waals surface area contributed by atoms with E-state index in [0.717, 1.165) is 4.34 Å². The maximum absolute atomic E-state index is 5.66. The molecule has 0 spiro atoms. The van der Waals surface area contributed by atoms with Gasteiger partial charge in [0, 0.05) is 0 Å². The Labute approximate surface area is 72.2 Å². The molecule has 0 amide bonds. The lowest BCUT2D eigenvalue weighted by molar-refractivity contribution is 1.74. The van der Waals surface area contributed by atoms with Crippen molar-refractivity contribution in [3.63, 3.8) is 0 Å². The monoisotopic (exact) mass is 198 g/mol. The van der Waals surface area contributed by atoms with Gasteiger partial charge in [0.1, 0.15) is 0 Å². The highest BCUT2D eigenvalue weighted by molar-refractivity contribution is 8.02. The van der Waals surface area contributed by atoms with E-state index in [0.29, 0.717) is 5.21 Å². The van der Waals surface area contributed by atoms with Gasteiger partial charge in [-0.2, -0.15) is 0 Å². The Morgan fingerprint density at radius 1 is 1.56 bits per heavy atom. The normalized spacial score (nSPS) is 10.0. The fourth-order valence-corrected chi connectivity index (χ4v) is 2.84. The zero-order chi connectivity index (χ0) is 6.69. The lowest BCUT2D eigenvalue weighted by atomic mass is 10.7. The summed E-state index contributed by atoms with van der Waals surface area (Å²) in [6.07, 6.45) is 0. The predicted molar refractivity (Wildman–Crippen MR) is 45.9 cm³/mol. The summed E-state index contributed by atoms with van der Waals surface area (Å²) >= 11 is 14.3. The number of thiophene rings is 1. The average molecular weight is 199 g/mol. The van der Waals surface area contributed by atoms with Gasteiger partial charge < -0.3 is 0 Å². The Morgan fingerprint density at radius 2 is 2.33 bits per heavy atom. The number of alkyl halides is 1. The molecule has 50 valence electrons. The van der Waals surface area contributed by atoms with Gasteiger partial charge in [0.2, 0.25) is 0 Å². The minimum Gasteiger partial charge on any atom is -0.117 e. The van der Waals surface area contributed by atoms with E-state index in [9.17, 15) is 0 Å². The molecule has 0 nitrogen and oxygen atoms in total. The molecule has 1 aromatic rings. The summed E-state index contributed by atoms with van der Waals surface area (Å²) in [5.74, 6) is 0. The Hall–Kier alpha value is 0.630. The summed E-state index contributed by atoms with van der Waals surface area (Å²) in [7, 11) is 0. The van der Waals surface area contributed by atoms with Crippen molar-refractivity contribution < 1.29 is 0 Å². The van der Waals surface area contributed by atoms with Crippen molar-refractivity contribution in [1.82, 2.24) is 0 Å². The van der Waals surface area contributed by atoms with Crippen LogP contribution in [-0.2, 0) is 0 Å². The van der Waals surface area contributed by atoms with Gasteiger partial charge >= 0.3 is 0 Å². The van der Waals surface area contributed by atoms with E-state index in [1.54, 1.807) is 23.1 Å². The molecule has 0 aliphatic carbocycles. The summed E-state index contributed by atoms with van der Waals surface area (Å²) in [6.45, 7) is 0. The largest absolute Gasteiger partial charge is 0.117 e. The summed E-state index contributed by atoms with van der Waals surface area (Å²) in [5, 5.41) is 0.594. The molecular weight excluding hydrogens is 195 g/mol. The van der Waals surface area contributed by atoms with Crippen molar-refractivity contribution in [2.24, 2.45) is 0 Å². The molecule has 0 bridgehead atoms. The van der Waals surface area contributed by atoms with Crippen LogP contribution in [-0.4, -0.2) is 5.21 Å². The molecule has 0 saturated carbocycles. The van der Waals surface area contributed by atoms with Gasteiger partial charge in [-0.15, -0.1) is 22.9 Å². The Morgan fingerprint density at radius 3 is 2.78 bits per heavy atom. The topological polar surface area (TPSA) is 0 Å². The number of halogens is 2. The van der Waals surface area contributed by atoms with Crippen molar-refractivity contribution in [2.75, 3.05) is 5.21 Å². The second-order valence-corrected chi connectivity index (χ2v) is 4.89. The van der Waals surface area contributed by atoms with Crippen molar-refractivity contribution in [2.45, 2.75) is 4.21 Å². The van der Waals surface area contributed by atoms with E-state index in [2.05, 4.69) is 0 Å². The Kier molecular flexibility index (Phi) is 3.19. The first-order valence-electron chi connectivity index (χ1n) is 2.27. The van der Waals surface area contributed by atoms with Gasteiger partial charge in [0.05, 0.1) is 13.8 Å². The van der Waals surface area contributed by atoms with Gasteiger partial charge in [0.25, 0.3) is 0 Å². The third kappa shape index (κ3) is 2.38. The third-order valence-electron chi connectivity index (χ3n) is 0.745. The number of hydrogen-bond acceptors (Lipinski definition) is 2. The highest BCUT2D eigenvalue weighted by Crippen LogP contribution is 2.30. The lowest BCUT2D eigenvalue weighted by Crippen LogP contribution is -1.55. The number of thioether (sulfide) groups is 1. The standard InChI is InChI=1S/C5H4Cl2S2/c6-3-8-5-2-1-4(7)9-5/h1-2H,3H2. The molecular formula is C5H4Cl2S2. The van der Waals surface area contributed by atoms with Crippen LogP contribution in [0.1, 0.15) is 0 Å². The molecule has 0 N–H and O–H groups in total. The molecule has 0 aliphatic heterocycles. The van der Waals surface area contributed by atoms with Crippen LogP contribution in [0.4, 0.5) is 0 Å². The van der Waals surface area contributed by atoms with Crippen LogP contribution in [0.25, 0.3) is 0 Å². The Balaban J connectivity index is 2.61. The molecule has 9 heavy (non-hydrogen) atoms. The van der Waals surface area contributed by atoms with Crippen molar-refractivity contribution in [1.29, 1.82) is 0 Å². The molecule has 0 unspecified atom stereocenters. The zero-order valence-corrected chi connectivity index (χ0v) is 7.58. The summed E-state index contributed by atoms with van der Waals surface area (Å²) in [6, 6.07) is 3.85. The van der Waals surface area contributed by atoms with Crippen LogP contribution in [0.3, 0.4) is 0 Å². The fourth-order valence-electron chi connectivity index (χ4n) is 0.429. The van der Waals surface area contributed by atoms with Gasteiger partial charge in [-0.1, -0.05) is 23.4 Å². The maximum atomic E-state index is 5.66. The van der Waals surface area contributed by atoms with E-state index in [4.69, 9.17) is 23.2 Å². The van der Waals surface area contributed by atoms with Crippen LogP contribution in [0.5, 0.6) is 0 Å². The SMILES string of the molecule is ClCSc1ccc(Cl)s1. The molecule has 0 saturated heterocycles. The summed E-state index contributed by atoms with van der Waals surface area (Å²) < 4.78 is 2.00. The van der Waals surface area contributed by atoms with E-state index < -0.39 is 0 Å². The smallest absolute Gasteiger partial charge is 0.0940 e. The van der Waals surface area contributed by atoms with E-state index in [-0.39, 0.29) is 0 Å². The summed E-state index contributed by atoms with van der Waals surface area (Å²) in [4.78, 5) is 0. The van der Waals surface area contributed by atoms with E-state index in [1.165, 1.54) is 4.21 Å². The van der Waals surface area contributed by atoms with Crippen molar-refractivity contribution in [3.8, 4) is 0 Å². The lowest BCUT2D eigenvalue weighted by Gasteiger charge is -1.84. The first-order chi connectivity index (χ1) is 4.33. The van der Waals surface area contributed by atoms with Crippen molar-refractivity contribution >= 4 is 46.3 Å². The van der Waals surface area contributed by atoms with Crippen LogP contribution < -0.4 is 0 Å². The Bertz CT molecular complexity index is 185. The predicted octanol–water partition coefficient (Wildman–Crippen LogP) is 3.69. The molecule has 0 atom stereocenters. The third-order valence-corrected chi connectivity index (χ3v) is 3.23. The highest BCUT2D eigenvalue weighted by Gasteiger charge is 1.95. The molecule has 0 radical (unpaired) electrons. The second-order valence-electron chi connectivity index (χ2n) is 1.31. The molecule has 4 heteroatoms. The number of hydrogen-bond donors (Lipinski definition) is 0. The second kappa shape index (κ2) is 3.71. The van der Waals surface area contributed by atoms with Crippen LogP contribution in [0.2, 0.25) is 4.34 Å². The highest BCUT2D eigenvalue weighted by atomic mass is 35.5. The summed E-state index contributed by atoms with van der Waals surface area (Å²) in [5.41, 5.74) is 0. The molecule has 1 rings (SSSR count). The average Bonchev–Trinajstić information content (AvgIpc) is 2.17. The zero-order valence-electron chi connectivity index (χ0n) is 4.43. The van der Waals surface area contributed by atoms with Gasteiger partial charge in [-0.3, -0.25) is 0 Å². The van der Waals surface area contributed by atoms with Crippen LogP contribution in [0, 0.1) is 0 Å². The van der Waals surface area contributed by atoms with Gasteiger partial charge in [0.15, 0.2) is 0 Å². The van der Waals surface area contributed by atoms with Crippen LogP contribution >= 0.6 is 46.3 Å². The molecule has 0 aliphatic rings. The first kappa shape index (κ1) is 7.73.